The van der Waals surface area contributed by atoms with Crippen LogP contribution in [-0.4, -0.2) is 42.9 Å². The Balaban J connectivity index is 1.69. The van der Waals surface area contributed by atoms with Gasteiger partial charge in [0.1, 0.15) is 5.82 Å². The molecule has 0 radical (unpaired) electrons. The number of anilines is 1. The molecule has 0 aliphatic carbocycles. The molecule has 2 saturated heterocycles. The second kappa shape index (κ2) is 6.64. The maximum atomic E-state index is 13.5. The molecule has 5 nitrogen and oxygen atoms in total. The lowest BCUT2D eigenvalue weighted by Crippen LogP contribution is -2.37. The van der Waals surface area contributed by atoms with Crippen LogP contribution in [0.1, 0.15) is 18.1 Å². The second-order valence-corrected chi connectivity index (χ2v) is 9.30. The van der Waals surface area contributed by atoms with Crippen molar-refractivity contribution in [3.8, 4) is 0 Å². The number of benzene rings is 2. The molecule has 2 aromatic carbocycles. The van der Waals surface area contributed by atoms with Crippen LogP contribution < -0.4 is 4.90 Å². The zero-order valence-electron chi connectivity index (χ0n) is 15.0. The van der Waals surface area contributed by atoms with E-state index in [0.29, 0.717) is 11.3 Å². The average molecular weight is 388 g/mol. The van der Waals surface area contributed by atoms with Crippen molar-refractivity contribution in [2.75, 3.05) is 16.4 Å². The molecule has 2 aromatic rings. The summed E-state index contributed by atoms with van der Waals surface area (Å²) < 4.78 is 38.0. The smallest absolute Gasteiger partial charge is 0.314 e. The first-order chi connectivity index (χ1) is 12.9. The van der Waals surface area contributed by atoms with Crippen molar-refractivity contribution >= 4 is 21.6 Å². The summed E-state index contributed by atoms with van der Waals surface area (Å²) in [5, 5.41) is 0. The van der Waals surface area contributed by atoms with Gasteiger partial charge in [0.25, 0.3) is 0 Å². The summed E-state index contributed by atoms with van der Waals surface area (Å²) in [6.07, 6.45) is 0.889. The zero-order valence-corrected chi connectivity index (χ0v) is 15.8. The number of aryl methyl sites for hydroxylation is 1. The van der Waals surface area contributed by atoms with E-state index in [-0.39, 0.29) is 29.9 Å². The first-order valence-electron chi connectivity index (χ1n) is 9.01. The molecule has 2 fully saturated rings. The van der Waals surface area contributed by atoms with Crippen molar-refractivity contribution in [1.29, 1.82) is 0 Å². The van der Waals surface area contributed by atoms with Crippen molar-refractivity contribution in [2.24, 2.45) is 0 Å². The number of carbonyl (C=O) groups is 1. The Morgan fingerprint density at radius 1 is 1.04 bits per heavy atom. The summed E-state index contributed by atoms with van der Waals surface area (Å²) in [4.78, 5) is 16.3. The number of carbonyl (C=O) groups excluding carboxylic acids is 1. The van der Waals surface area contributed by atoms with E-state index >= 15 is 0 Å². The summed E-state index contributed by atoms with van der Waals surface area (Å²) in [5.74, 6) is -0.470. The van der Waals surface area contributed by atoms with Gasteiger partial charge >= 0.3 is 6.03 Å². The van der Waals surface area contributed by atoms with E-state index in [0.717, 1.165) is 12.0 Å². The highest BCUT2D eigenvalue weighted by Crippen LogP contribution is 2.36. The molecule has 2 heterocycles. The van der Waals surface area contributed by atoms with E-state index < -0.39 is 21.9 Å². The Labute approximate surface area is 158 Å². The van der Waals surface area contributed by atoms with Gasteiger partial charge in [-0.05, 0) is 41.8 Å². The Bertz CT molecular complexity index is 975. The number of hydrogen-bond acceptors (Lipinski definition) is 3. The van der Waals surface area contributed by atoms with Crippen LogP contribution in [0.3, 0.4) is 0 Å². The average Bonchev–Trinajstić information content (AvgIpc) is 3.06. The molecule has 7 heteroatoms. The number of sulfone groups is 1. The van der Waals surface area contributed by atoms with Crippen LogP contribution in [0.15, 0.2) is 48.5 Å². The largest absolute Gasteiger partial charge is 0.325 e. The Hall–Kier alpha value is -2.41. The van der Waals surface area contributed by atoms with Crippen molar-refractivity contribution in [2.45, 2.75) is 32.0 Å². The van der Waals surface area contributed by atoms with Crippen LogP contribution in [0.4, 0.5) is 14.9 Å². The minimum Gasteiger partial charge on any atom is -0.314 e. The third-order valence-corrected chi connectivity index (χ3v) is 7.04. The van der Waals surface area contributed by atoms with E-state index in [2.05, 4.69) is 6.92 Å². The molecule has 0 saturated carbocycles. The van der Waals surface area contributed by atoms with Gasteiger partial charge in [0, 0.05) is 12.2 Å². The predicted molar refractivity (Wildman–Crippen MR) is 102 cm³/mol. The number of hydrogen-bond donors (Lipinski definition) is 0. The fourth-order valence-corrected chi connectivity index (χ4v) is 5.94. The van der Waals surface area contributed by atoms with Crippen LogP contribution in [-0.2, 0) is 22.8 Å². The van der Waals surface area contributed by atoms with Gasteiger partial charge in [-0.2, -0.15) is 0 Å². The summed E-state index contributed by atoms with van der Waals surface area (Å²) in [6.45, 7) is 2.24. The van der Waals surface area contributed by atoms with Crippen LogP contribution >= 0.6 is 0 Å². The van der Waals surface area contributed by atoms with Gasteiger partial charge in [0.2, 0.25) is 0 Å². The van der Waals surface area contributed by atoms with E-state index in [1.165, 1.54) is 12.1 Å². The molecule has 0 unspecified atom stereocenters. The maximum Gasteiger partial charge on any atom is 0.325 e. The molecular formula is C20H21FN2O3S. The Kier molecular flexibility index (Phi) is 4.42. The second-order valence-electron chi connectivity index (χ2n) is 7.14. The molecule has 2 aliphatic rings. The molecule has 0 bridgehead atoms. The van der Waals surface area contributed by atoms with Crippen molar-refractivity contribution in [1.82, 2.24) is 4.90 Å². The Morgan fingerprint density at radius 2 is 1.74 bits per heavy atom. The van der Waals surface area contributed by atoms with Gasteiger partial charge in [-0.1, -0.05) is 31.2 Å². The number of nitrogens with zero attached hydrogens (tertiary/aromatic N) is 2. The minimum absolute atomic E-state index is 0.0431. The minimum atomic E-state index is -3.23. The highest BCUT2D eigenvalue weighted by Gasteiger charge is 2.53. The lowest BCUT2D eigenvalue weighted by atomic mass is 10.1. The number of halogens is 1. The molecule has 142 valence electrons. The van der Waals surface area contributed by atoms with Crippen molar-refractivity contribution in [3.05, 3.63) is 65.5 Å². The van der Waals surface area contributed by atoms with Crippen molar-refractivity contribution < 1.29 is 17.6 Å². The van der Waals surface area contributed by atoms with Gasteiger partial charge < -0.3 is 4.90 Å². The number of amides is 2. The van der Waals surface area contributed by atoms with Crippen LogP contribution in [0.5, 0.6) is 0 Å². The molecule has 0 N–H and O–H groups in total. The van der Waals surface area contributed by atoms with Crippen LogP contribution in [0.25, 0.3) is 0 Å². The first-order valence-corrected chi connectivity index (χ1v) is 10.8. The van der Waals surface area contributed by atoms with Gasteiger partial charge in [-0.25, -0.2) is 17.6 Å². The van der Waals surface area contributed by atoms with Gasteiger partial charge in [0.05, 0.1) is 23.6 Å². The highest BCUT2D eigenvalue weighted by atomic mass is 32.2. The number of fused-ring (bicyclic) bond motifs is 1. The van der Waals surface area contributed by atoms with Crippen molar-refractivity contribution in [3.63, 3.8) is 0 Å². The predicted octanol–water partition coefficient (Wildman–Crippen LogP) is 3.00. The fourth-order valence-electron chi connectivity index (χ4n) is 3.99. The topological polar surface area (TPSA) is 57.7 Å². The quantitative estimate of drug-likeness (QED) is 0.757. The highest BCUT2D eigenvalue weighted by molar-refractivity contribution is 7.91. The third kappa shape index (κ3) is 3.32. The SMILES string of the molecule is CCc1ccc(N2C(=O)N(Cc3cccc(F)c3)[C@@H]3CS(=O)(=O)C[C@H]32)cc1. The Morgan fingerprint density at radius 3 is 2.41 bits per heavy atom. The number of rotatable bonds is 4. The maximum absolute atomic E-state index is 13.5. The normalized spacial score (nSPS) is 23.7. The molecule has 2 amide bonds. The van der Waals surface area contributed by atoms with Gasteiger partial charge in [0.15, 0.2) is 9.84 Å². The lowest BCUT2D eigenvalue weighted by Gasteiger charge is -2.23. The summed E-state index contributed by atoms with van der Waals surface area (Å²) in [5.41, 5.74) is 2.50. The first kappa shape index (κ1) is 18.0. The molecule has 2 atom stereocenters. The summed E-state index contributed by atoms with van der Waals surface area (Å²) in [7, 11) is -3.23. The van der Waals surface area contributed by atoms with E-state index in [9.17, 15) is 17.6 Å². The summed E-state index contributed by atoms with van der Waals surface area (Å²) in [6, 6.07) is 12.6. The third-order valence-electron chi connectivity index (χ3n) is 5.34. The molecule has 4 rings (SSSR count). The molecule has 0 spiro atoms. The number of urea groups is 1. The van der Waals surface area contributed by atoms with E-state index in [1.807, 2.05) is 24.3 Å². The molecule has 2 aliphatic heterocycles. The lowest BCUT2D eigenvalue weighted by molar-refractivity contribution is 0.206. The molecule has 27 heavy (non-hydrogen) atoms. The van der Waals surface area contributed by atoms with Crippen LogP contribution in [0.2, 0.25) is 0 Å². The van der Waals surface area contributed by atoms with Gasteiger partial charge in [-0.15, -0.1) is 0 Å². The fraction of sp³-hybridized carbons (Fsp3) is 0.350. The monoisotopic (exact) mass is 388 g/mol. The van der Waals surface area contributed by atoms with Crippen LogP contribution in [0, 0.1) is 5.82 Å². The zero-order chi connectivity index (χ0) is 19.2. The summed E-state index contributed by atoms with van der Waals surface area (Å²) >= 11 is 0. The standard InChI is InChI=1S/C20H21FN2O3S/c1-2-14-6-8-17(9-7-14)23-19-13-27(25,26)12-18(19)22(20(23)24)11-15-4-3-5-16(21)10-15/h3-10,18-19H,2,11-13H2,1H3/t18-,19-/m1/s1. The van der Waals surface area contributed by atoms with E-state index in [1.54, 1.807) is 21.9 Å². The molecular weight excluding hydrogens is 367 g/mol. The molecule has 0 aromatic heterocycles. The van der Waals surface area contributed by atoms with E-state index in [4.69, 9.17) is 0 Å². The van der Waals surface area contributed by atoms with Gasteiger partial charge in [-0.3, -0.25) is 4.90 Å².